The molecule has 0 aliphatic rings. The molecule has 1 aromatic carbocycles. The number of rotatable bonds is 9. The molecule has 0 radical (unpaired) electrons. The molecular weight excluding hydrogens is 322 g/mol. The molecule has 0 aliphatic heterocycles. The molecule has 0 spiro atoms. The van der Waals surface area contributed by atoms with Crippen LogP contribution in [-0.2, 0) is 14.3 Å². The first-order chi connectivity index (χ1) is 11.8. The normalized spacial score (nSPS) is 13.2. The highest BCUT2D eigenvalue weighted by Gasteiger charge is 2.32. The summed E-state index contributed by atoms with van der Waals surface area (Å²) in [5.74, 6) is -0.323. The smallest absolute Gasteiger partial charge is 0.341 e. The van der Waals surface area contributed by atoms with Gasteiger partial charge in [-0.25, -0.2) is 4.79 Å². The summed E-state index contributed by atoms with van der Waals surface area (Å²) in [6, 6.07) is 4.92. The second-order valence-corrected chi connectivity index (χ2v) is 6.07. The van der Waals surface area contributed by atoms with Crippen molar-refractivity contribution in [3.05, 3.63) is 23.8 Å². The van der Waals surface area contributed by atoms with E-state index in [-0.39, 0.29) is 24.2 Å². The maximum atomic E-state index is 12.5. The molecule has 1 atom stereocenters. The first kappa shape index (κ1) is 21.0. The zero-order chi connectivity index (χ0) is 19.0. The molecule has 6 nitrogen and oxygen atoms in total. The maximum Gasteiger partial charge on any atom is 0.341 e. The molecule has 6 heteroatoms. The SMILES string of the molecule is CCOC(=O)c1cc(NC(=O)[C@](C)(CC)OCC)ccc1OC(C)C. The third kappa shape index (κ3) is 5.74. The van der Waals surface area contributed by atoms with E-state index in [1.165, 1.54) is 0 Å². The highest BCUT2D eigenvalue weighted by Crippen LogP contribution is 2.26. The molecule has 0 saturated carbocycles. The highest BCUT2D eigenvalue weighted by atomic mass is 16.5. The Kier molecular flexibility index (Phi) is 7.90. The fourth-order valence-corrected chi connectivity index (χ4v) is 2.24. The van der Waals surface area contributed by atoms with Crippen molar-refractivity contribution >= 4 is 17.6 Å². The van der Waals surface area contributed by atoms with Gasteiger partial charge in [0, 0.05) is 12.3 Å². The predicted molar refractivity (Wildman–Crippen MR) is 97.1 cm³/mol. The first-order valence-electron chi connectivity index (χ1n) is 8.70. The average Bonchev–Trinajstić information content (AvgIpc) is 2.56. The van der Waals surface area contributed by atoms with Crippen LogP contribution in [0.3, 0.4) is 0 Å². The molecule has 1 aromatic rings. The van der Waals surface area contributed by atoms with Crippen molar-refractivity contribution in [1.29, 1.82) is 0 Å². The van der Waals surface area contributed by atoms with E-state index in [9.17, 15) is 9.59 Å². The zero-order valence-corrected chi connectivity index (χ0v) is 16.0. The number of benzene rings is 1. The number of ether oxygens (including phenoxy) is 3. The molecule has 0 fully saturated rings. The Morgan fingerprint density at radius 3 is 2.36 bits per heavy atom. The van der Waals surface area contributed by atoms with E-state index in [4.69, 9.17) is 14.2 Å². The molecule has 140 valence electrons. The summed E-state index contributed by atoms with van der Waals surface area (Å²) in [4.78, 5) is 24.7. The quantitative estimate of drug-likeness (QED) is 0.685. The number of carbonyl (C=O) groups is 2. The fourth-order valence-electron chi connectivity index (χ4n) is 2.24. The number of hydrogen-bond donors (Lipinski definition) is 1. The summed E-state index contributed by atoms with van der Waals surface area (Å²) in [5, 5.41) is 2.81. The van der Waals surface area contributed by atoms with E-state index in [1.54, 1.807) is 32.0 Å². The molecular formula is C19H29NO5. The van der Waals surface area contributed by atoms with E-state index in [0.29, 0.717) is 24.5 Å². The van der Waals surface area contributed by atoms with Crippen molar-refractivity contribution in [1.82, 2.24) is 0 Å². The van der Waals surface area contributed by atoms with Gasteiger partial charge in [0.25, 0.3) is 5.91 Å². The van der Waals surface area contributed by atoms with E-state index in [2.05, 4.69) is 5.32 Å². The summed E-state index contributed by atoms with van der Waals surface area (Å²) >= 11 is 0. The number of hydrogen-bond acceptors (Lipinski definition) is 5. The third-order valence-corrected chi connectivity index (χ3v) is 3.71. The summed E-state index contributed by atoms with van der Waals surface area (Å²) in [6.45, 7) is 11.7. The van der Waals surface area contributed by atoms with Crippen molar-refractivity contribution in [2.75, 3.05) is 18.5 Å². The van der Waals surface area contributed by atoms with Gasteiger partial charge in [-0.15, -0.1) is 0 Å². The van der Waals surface area contributed by atoms with Crippen LogP contribution >= 0.6 is 0 Å². The lowest BCUT2D eigenvalue weighted by atomic mass is 10.0. The molecule has 0 bridgehead atoms. The van der Waals surface area contributed by atoms with Gasteiger partial charge >= 0.3 is 5.97 Å². The minimum absolute atomic E-state index is 0.0880. The molecule has 0 unspecified atom stereocenters. The first-order valence-corrected chi connectivity index (χ1v) is 8.70. The number of anilines is 1. The van der Waals surface area contributed by atoms with Gasteiger partial charge < -0.3 is 19.5 Å². The molecule has 0 heterocycles. The Hall–Kier alpha value is -2.08. The maximum absolute atomic E-state index is 12.5. The number of amides is 1. The predicted octanol–water partition coefficient (Wildman–Crippen LogP) is 3.79. The lowest BCUT2D eigenvalue weighted by Gasteiger charge is -2.27. The van der Waals surface area contributed by atoms with Crippen LogP contribution in [0.25, 0.3) is 0 Å². The van der Waals surface area contributed by atoms with Gasteiger partial charge in [-0.3, -0.25) is 4.79 Å². The van der Waals surface area contributed by atoms with Gasteiger partial charge in [-0.05, 0) is 59.2 Å². The Bertz CT molecular complexity index is 599. The van der Waals surface area contributed by atoms with E-state index in [0.717, 1.165) is 0 Å². The summed E-state index contributed by atoms with van der Waals surface area (Å²) in [7, 11) is 0. The standard InChI is InChI=1S/C19H29NO5/c1-7-19(6,24-9-3)18(22)20-14-10-11-16(25-13(4)5)15(12-14)17(21)23-8-2/h10-13H,7-9H2,1-6H3,(H,20,22)/t19-/m0/s1. The molecule has 0 saturated heterocycles. The highest BCUT2D eigenvalue weighted by molar-refractivity contribution is 5.99. The lowest BCUT2D eigenvalue weighted by Crippen LogP contribution is -2.42. The van der Waals surface area contributed by atoms with E-state index < -0.39 is 11.6 Å². The van der Waals surface area contributed by atoms with Gasteiger partial charge in [0.15, 0.2) is 0 Å². The van der Waals surface area contributed by atoms with E-state index >= 15 is 0 Å². The Morgan fingerprint density at radius 2 is 1.84 bits per heavy atom. The van der Waals surface area contributed by atoms with Gasteiger partial charge in [0.1, 0.15) is 16.9 Å². The Morgan fingerprint density at radius 1 is 1.16 bits per heavy atom. The second-order valence-electron chi connectivity index (χ2n) is 6.07. The van der Waals surface area contributed by atoms with Crippen LogP contribution in [-0.4, -0.2) is 36.8 Å². The number of carbonyl (C=O) groups excluding carboxylic acids is 2. The molecule has 1 rings (SSSR count). The van der Waals surface area contributed by atoms with Gasteiger partial charge in [-0.1, -0.05) is 6.92 Å². The van der Waals surface area contributed by atoms with Crippen LogP contribution in [0.1, 0.15) is 58.3 Å². The molecule has 0 aliphatic carbocycles. The average molecular weight is 351 g/mol. The van der Waals surface area contributed by atoms with Crippen LogP contribution in [0.15, 0.2) is 18.2 Å². The largest absolute Gasteiger partial charge is 0.490 e. The topological polar surface area (TPSA) is 73.9 Å². The fraction of sp³-hybridized carbons (Fsp3) is 0.579. The molecule has 0 aromatic heterocycles. The van der Waals surface area contributed by atoms with Crippen LogP contribution < -0.4 is 10.1 Å². The Balaban J connectivity index is 3.10. The van der Waals surface area contributed by atoms with Crippen LogP contribution in [0.4, 0.5) is 5.69 Å². The number of nitrogens with one attached hydrogen (secondary N) is 1. The van der Waals surface area contributed by atoms with Crippen molar-refractivity contribution in [3.63, 3.8) is 0 Å². The minimum atomic E-state index is -0.925. The van der Waals surface area contributed by atoms with Crippen LogP contribution in [0.2, 0.25) is 0 Å². The van der Waals surface area contributed by atoms with Crippen molar-refractivity contribution in [2.45, 2.75) is 59.7 Å². The molecule has 1 amide bonds. The third-order valence-electron chi connectivity index (χ3n) is 3.71. The van der Waals surface area contributed by atoms with Gasteiger partial charge in [0.2, 0.25) is 0 Å². The van der Waals surface area contributed by atoms with Crippen LogP contribution in [0, 0.1) is 0 Å². The summed E-state index contributed by atoms with van der Waals surface area (Å²) < 4.78 is 16.3. The minimum Gasteiger partial charge on any atom is -0.490 e. The van der Waals surface area contributed by atoms with Crippen LogP contribution in [0.5, 0.6) is 5.75 Å². The van der Waals surface area contributed by atoms with Gasteiger partial charge in [0.05, 0.1) is 12.7 Å². The Labute approximate surface area is 149 Å². The summed E-state index contributed by atoms with van der Waals surface area (Å²) in [5.41, 5.74) is -0.155. The van der Waals surface area contributed by atoms with Crippen molar-refractivity contribution < 1.29 is 23.8 Å². The lowest BCUT2D eigenvalue weighted by molar-refractivity contribution is -0.139. The van der Waals surface area contributed by atoms with Crippen molar-refractivity contribution in [3.8, 4) is 5.75 Å². The molecule has 25 heavy (non-hydrogen) atoms. The van der Waals surface area contributed by atoms with Gasteiger partial charge in [-0.2, -0.15) is 0 Å². The zero-order valence-electron chi connectivity index (χ0n) is 16.0. The monoisotopic (exact) mass is 351 g/mol. The van der Waals surface area contributed by atoms with Crippen molar-refractivity contribution in [2.24, 2.45) is 0 Å². The summed E-state index contributed by atoms with van der Waals surface area (Å²) in [6.07, 6.45) is 0.446. The number of esters is 1. The van der Waals surface area contributed by atoms with E-state index in [1.807, 2.05) is 27.7 Å². The second kappa shape index (κ2) is 9.42. The molecule has 1 N–H and O–H groups in total.